The van der Waals surface area contributed by atoms with Gasteiger partial charge in [-0.1, -0.05) is 30.3 Å². The van der Waals surface area contributed by atoms with Crippen LogP contribution in [0.2, 0.25) is 0 Å². The summed E-state index contributed by atoms with van der Waals surface area (Å²) in [5.74, 6) is 0. The van der Waals surface area contributed by atoms with Crippen LogP contribution in [0.15, 0.2) is 47.1 Å². The van der Waals surface area contributed by atoms with Crippen LogP contribution >= 0.6 is 24.4 Å². The van der Waals surface area contributed by atoms with Crippen LogP contribution in [0, 0.1) is 9.61 Å². The summed E-state index contributed by atoms with van der Waals surface area (Å²) in [6.07, 6.45) is 1.50. The van der Waals surface area contributed by atoms with Crippen LogP contribution < -0.4 is 0 Å². The lowest BCUT2D eigenvalue weighted by atomic mass is 10.1. The standard InChI is InChI=1S/C11H7NOS.C2H3N3S/c14-11-12-10-8-4-2-1-3-7(8)5-6-9(10)13-11;6-2-3-1-4-5-2/h1-6H,(H,12,14);1H,(H2,3,4,5,6). The molecule has 0 radical (unpaired) electrons. The number of rotatable bonds is 0. The smallest absolute Gasteiger partial charge is 0.266 e. The quantitative estimate of drug-likeness (QED) is 0.427. The lowest BCUT2D eigenvalue weighted by molar-refractivity contribution is 0.583. The Morgan fingerprint density at radius 3 is 2.60 bits per heavy atom. The predicted molar refractivity (Wildman–Crippen MR) is 82.7 cm³/mol. The van der Waals surface area contributed by atoms with Gasteiger partial charge in [0.15, 0.2) is 5.58 Å². The van der Waals surface area contributed by atoms with E-state index in [0.29, 0.717) is 9.61 Å². The molecule has 0 aliphatic rings. The second-order valence-corrected chi connectivity index (χ2v) is 4.76. The summed E-state index contributed by atoms with van der Waals surface area (Å²) in [6, 6.07) is 12.1. The molecule has 3 N–H and O–H groups in total. The van der Waals surface area contributed by atoms with Gasteiger partial charge in [0.1, 0.15) is 6.33 Å². The van der Waals surface area contributed by atoms with Crippen LogP contribution in [0.4, 0.5) is 0 Å². The van der Waals surface area contributed by atoms with E-state index in [-0.39, 0.29) is 0 Å². The van der Waals surface area contributed by atoms with Gasteiger partial charge in [-0.25, -0.2) is 4.98 Å². The molecule has 2 aromatic heterocycles. The van der Waals surface area contributed by atoms with Gasteiger partial charge in [-0.3, -0.25) is 10.2 Å². The maximum atomic E-state index is 5.34. The molecule has 0 atom stereocenters. The van der Waals surface area contributed by atoms with E-state index in [9.17, 15) is 0 Å². The molecule has 0 unspecified atom stereocenters. The zero-order valence-electron chi connectivity index (χ0n) is 10.2. The maximum Gasteiger partial charge on any atom is 0.266 e. The SMILES string of the molecule is S=c1[nH]c2c(ccc3ccccc32)o1.S=c1nc[nH][nH]1. The van der Waals surface area contributed by atoms with E-state index in [4.69, 9.17) is 16.6 Å². The third-order valence-electron chi connectivity index (χ3n) is 2.75. The Balaban J connectivity index is 0.000000170. The predicted octanol–water partition coefficient (Wildman–Crippen LogP) is 4.11. The van der Waals surface area contributed by atoms with Gasteiger partial charge in [-0.05, 0) is 35.9 Å². The fourth-order valence-corrected chi connectivity index (χ4v) is 2.21. The van der Waals surface area contributed by atoms with Crippen LogP contribution in [-0.4, -0.2) is 20.2 Å². The molecule has 100 valence electrons. The van der Waals surface area contributed by atoms with Gasteiger partial charge in [0.05, 0.1) is 5.52 Å². The molecule has 2 aromatic carbocycles. The van der Waals surface area contributed by atoms with E-state index in [1.165, 1.54) is 11.7 Å². The molecular formula is C13H10N4OS2. The Kier molecular flexibility index (Phi) is 3.44. The van der Waals surface area contributed by atoms with E-state index in [1.807, 2.05) is 24.3 Å². The molecule has 0 saturated heterocycles. The highest BCUT2D eigenvalue weighted by atomic mass is 32.1. The summed E-state index contributed by atoms with van der Waals surface area (Å²) in [6.45, 7) is 0. The maximum absolute atomic E-state index is 5.34. The first-order chi connectivity index (χ1) is 9.74. The zero-order valence-corrected chi connectivity index (χ0v) is 11.8. The van der Waals surface area contributed by atoms with E-state index < -0.39 is 0 Å². The number of aromatic nitrogens is 4. The molecule has 0 aliphatic heterocycles. The molecule has 5 nitrogen and oxygen atoms in total. The number of fused-ring (bicyclic) bond motifs is 3. The summed E-state index contributed by atoms with van der Waals surface area (Å²) < 4.78 is 5.83. The van der Waals surface area contributed by atoms with Gasteiger partial charge < -0.3 is 9.40 Å². The van der Waals surface area contributed by atoms with Crippen molar-refractivity contribution < 1.29 is 4.42 Å². The summed E-state index contributed by atoms with van der Waals surface area (Å²) in [4.78, 5) is 7.10. The molecule has 0 fully saturated rings. The summed E-state index contributed by atoms with van der Waals surface area (Å²) in [7, 11) is 0. The number of nitrogens with one attached hydrogen (secondary N) is 3. The van der Waals surface area contributed by atoms with Gasteiger partial charge in [-0.15, -0.1) is 0 Å². The Morgan fingerprint density at radius 1 is 1.05 bits per heavy atom. The van der Waals surface area contributed by atoms with Crippen molar-refractivity contribution in [3.8, 4) is 0 Å². The van der Waals surface area contributed by atoms with Crippen molar-refractivity contribution in [1.29, 1.82) is 0 Å². The number of nitrogens with zero attached hydrogens (tertiary/aromatic N) is 1. The van der Waals surface area contributed by atoms with Crippen molar-refractivity contribution in [1.82, 2.24) is 20.2 Å². The Hall–Kier alpha value is -2.25. The van der Waals surface area contributed by atoms with Crippen molar-refractivity contribution >= 4 is 46.3 Å². The van der Waals surface area contributed by atoms with Gasteiger partial charge in [0.25, 0.3) is 4.84 Å². The van der Waals surface area contributed by atoms with E-state index in [0.717, 1.165) is 16.5 Å². The van der Waals surface area contributed by atoms with Crippen molar-refractivity contribution in [2.24, 2.45) is 0 Å². The average Bonchev–Trinajstić information content (AvgIpc) is 3.07. The fraction of sp³-hybridized carbons (Fsp3) is 0. The van der Waals surface area contributed by atoms with Crippen molar-refractivity contribution in [3.05, 3.63) is 52.3 Å². The first-order valence-electron chi connectivity index (χ1n) is 5.83. The zero-order chi connectivity index (χ0) is 13.9. The van der Waals surface area contributed by atoms with Gasteiger partial charge in [-0.2, -0.15) is 0 Å². The van der Waals surface area contributed by atoms with Crippen LogP contribution in [0.1, 0.15) is 0 Å². The normalized spacial score (nSPS) is 10.4. The topological polar surface area (TPSA) is 73.4 Å². The molecule has 2 heterocycles. The lowest BCUT2D eigenvalue weighted by Crippen LogP contribution is -1.73. The largest absolute Gasteiger partial charge is 0.429 e. The molecule has 0 bridgehead atoms. The fourth-order valence-electron chi connectivity index (χ4n) is 1.91. The van der Waals surface area contributed by atoms with Crippen molar-refractivity contribution in [3.63, 3.8) is 0 Å². The lowest BCUT2D eigenvalue weighted by Gasteiger charge is -1.96. The third-order valence-corrected chi connectivity index (χ3v) is 3.14. The minimum absolute atomic E-state index is 0.427. The number of H-pyrrole nitrogens is 3. The van der Waals surface area contributed by atoms with Crippen LogP contribution in [0.5, 0.6) is 0 Å². The minimum atomic E-state index is 0.427. The highest BCUT2D eigenvalue weighted by Crippen LogP contribution is 2.23. The van der Waals surface area contributed by atoms with Crippen LogP contribution in [-0.2, 0) is 0 Å². The first kappa shape index (κ1) is 12.8. The molecule has 7 heteroatoms. The van der Waals surface area contributed by atoms with Crippen LogP contribution in [0.3, 0.4) is 0 Å². The highest BCUT2D eigenvalue weighted by molar-refractivity contribution is 7.71. The number of hydrogen-bond acceptors (Lipinski definition) is 4. The van der Waals surface area contributed by atoms with Crippen molar-refractivity contribution in [2.75, 3.05) is 0 Å². The average molecular weight is 302 g/mol. The molecule has 20 heavy (non-hydrogen) atoms. The number of aromatic amines is 3. The van der Waals surface area contributed by atoms with Crippen molar-refractivity contribution in [2.45, 2.75) is 0 Å². The summed E-state index contributed by atoms with van der Waals surface area (Å²) >= 11 is 9.50. The van der Waals surface area contributed by atoms with Gasteiger partial charge in [0.2, 0.25) is 4.77 Å². The number of benzene rings is 2. The van der Waals surface area contributed by atoms with E-state index in [1.54, 1.807) is 0 Å². The highest BCUT2D eigenvalue weighted by Gasteiger charge is 2.02. The third kappa shape index (κ3) is 2.54. The minimum Gasteiger partial charge on any atom is -0.429 e. The van der Waals surface area contributed by atoms with E-state index >= 15 is 0 Å². The Labute approximate surface area is 123 Å². The molecular weight excluding hydrogens is 292 g/mol. The molecule has 0 amide bonds. The molecule has 4 aromatic rings. The Morgan fingerprint density at radius 2 is 1.90 bits per heavy atom. The molecule has 0 saturated carbocycles. The Bertz CT molecular complexity index is 946. The summed E-state index contributed by atoms with van der Waals surface area (Å²) in [5.41, 5.74) is 1.79. The number of hydrogen-bond donors (Lipinski definition) is 3. The first-order valence-corrected chi connectivity index (χ1v) is 6.64. The second-order valence-electron chi connectivity index (χ2n) is 4.01. The van der Waals surface area contributed by atoms with E-state index in [2.05, 4.69) is 44.5 Å². The molecule has 0 aliphatic carbocycles. The summed E-state index contributed by atoms with van der Waals surface area (Å²) in [5, 5.41) is 7.50. The second kappa shape index (κ2) is 5.40. The molecule has 0 spiro atoms. The monoisotopic (exact) mass is 302 g/mol. The van der Waals surface area contributed by atoms with Gasteiger partial charge >= 0.3 is 0 Å². The molecule has 4 rings (SSSR count). The number of oxazole rings is 1. The van der Waals surface area contributed by atoms with Gasteiger partial charge in [0, 0.05) is 5.39 Å². The van der Waals surface area contributed by atoms with Crippen LogP contribution in [0.25, 0.3) is 21.9 Å².